The lowest BCUT2D eigenvalue weighted by Gasteiger charge is -1.92. The lowest BCUT2D eigenvalue weighted by molar-refractivity contribution is 0.0698. The number of aryl methyl sites for hydroxylation is 1. The molecule has 0 saturated heterocycles. The molecular formula is C8H7N3O2. The number of aromatic nitrogens is 3. The van der Waals surface area contributed by atoms with E-state index in [9.17, 15) is 4.79 Å². The highest BCUT2D eigenvalue weighted by molar-refractivity contribution is 6.00. The Morgan fingerprint density at radius 2 is 2.31 bits per heavy atom. The molecule has 0 aliphatic carbocycles. The molecule has 0 amide bonds. The van der Waals surface area contributed by atoms with E-state index in [1.54, 1.807) is 24.1 Å². The minimum atomic E-state index is -1.00. The van der Waals surface area contributed by atoms with Gasteiger partial charge in [-0.1, -0.05) is 0 Å². The standard InChI is InChI=1S/C8H7N3O2/c1-11-4-5-2-9-3-6(8(12)13)7(5)10-11/h2-4H,1H3,(H,12,13). The van der Waals surface area contributed by atoms with E-state index in [0.717, 1.165) is 5.39 Å². The summed E-state index contributed by atoms with van der Waals surface area (Å²) in [4.78, 5) is 14.5. The monoisotopic (exact) mass is 177 g/mol. The molecule has 1 N–H and O–H groups in total. The molecule has 2 rings (SSSR count). The summed E-state index contributed by atoms with van der Waals surface area (Å²) in [6, 6.07) is 0. The van der Waals surface area contributed by atoms with Crippen LogP contribution in [0.3, 0.4) is 0 Å². The second-order valence-corrected chi connectivity index (χ2v) is 2.73. The van der Waals surface area contributed by atoms with Gasteiger partial charge in [0.15, 0.2) is 0 Å². The van der Waals surface area contributed by atoms with Crippen LogP contribution in [-0.4, -0.2) is 25.8 Å². The van der Waals surface area contributed by atoms with Crippen LogP contribution in [0.4, 0.5) is 0 Å². The molecule has 13 heavy (non-hydrogen) atoms. The van der Waals surface area contributed by atoms with Crippen LogP contribution in [0.2, 0.25) is 0 Å². The summed E-state index contributed by atoms with van der Waals surface area (Å²) < 4.78 is 1.57. The number of carbonyl (C=O) groups is 1. The predicted octanol–water partition coefficient (Wildman–Crippen LogP) is 0.666. The highest BCUT2D eigenvalue weighted by Crippen LogP contribution is 2.14. The van der Waals surface area contributed by atoms with Gasteiger partial charge in [0.05, 0.1) is 0 Å². The van der Waals surface area contributed by atoms with Gasteiger partial charge in [-0.05, 0) is 0 Å². The van der Waals surface area contributed by atoms with Crippen LogP contribution in [0, 0.1) is 0 Å². The van der Waals surface area contributed by atoms with Crippen molar-refractivity contribution in [1.29, 1.82) is 0 Å². The molecule has 5 heteroatoms. The summed E-state index contributed by atoms with van der Waals surface area (Å²) in [6.45, 7) is 0. The maximum Gasteiger partial charge on any atom is 0.339 e. The lowest BCUT2D eigenvalue weighted by atomic mass is 10.2. The normalized spacial score (nSPS) is 10.5. The van der Waals surface area contributed by atoms with Crippen LogP contribution in [0.15, 0.2) is 18.6 Å². The van der Waals surface area contributed by atoms with E-state index in [1.165, 1.54) is 6.20 Å². The molecule has 2 heterocycles. The van der Waals surface area contributed by atoms with Gasteiger partial charge in [-0.15, -0.1) is 0 Å². The number of pyridine rings is 1. The Kier molecular flexibility index (Phi) is 1.51. The molecule has 0 aromatic carbocycles. The number of hydrogen-bond acceptors (Lipinski definition) is 3. The predicted molar refractivity (Wildman–Crippen MR) is 45.5 cm³/mol. The maximum atomic E-state index is 10.7. The van der Waals surface area contributed by atoms with Gasteiger partial charge in [0, 0.05) is 31.0 Å². The molecule has 0 bridgehead atoms. The average molecular weight is 177 g/mol. The fraction of sp³-hybridized carbons (Fsp3) is 0.125. The smallest absolute Gasteiger partial charge is 0.339 e. The Balaban J connectivity index is 2.82. The van der Waals surface area contributed by atoms with E-state index in [1.807, 2.05) is 0 Å². The highest BCUT2D eigenvalue weighted by atomic mass is 16.4. The summed E-state index contributed by atoms with van der Waals surface area (Å²) in [5, 5.41) is 13.6. The molecule has 2 aromatic heterocycles. The summed E-state index contributed by atoms with van der Waals surface area (Å²) in [5.74, 6) is -1.00. The van der Waals surface area contributed by atoms with Gasteiger partial charge in [-0.25, -0.2) is 4.79 Å². The fourth-order valence-electron chi connectivity index (χ4n) is 1.22. The van der Waals surface area contributed by atoms with Crippen molar-refractivity contribution >= 4 is 16.9 Å². The lowest BCUT2D eigenvalue weighted by Crippen LogP contribution is -1.98. The second kappa shape index (κ2) is 2.55. The molecule has 5 nitrogen and oxygen atoms in total. The zero-order valence-electron chi connectivity index (χ0n) is 6.93. The number of rotatable bonds is 1. The largest absolute Gasteiger partial charge is 0.478 e. The van der Waals surface area contributed by atoms with Crippen molar-refractivity contribution in [1.82, 2.24) is 14.8 Å². The third-order valence-electron chi connectivity index (χ3n) is 1.76. The van der Waals surface area contributed by atoms with Gasteiger partial charge < -0.3 is 5.11 Å². The van der Waals surface area contributed by atoms with Crippen molar-refractivity contribution in [2.45, 2.75) is 0 Å². The summed E-state index contributed by atoms with van der Waals surface area (Å²) in [7, 11) is 1.74. The van der Waals surface area contributed by atoms with E-state index < -0.39 is 5.97 Å². The van der Waals surface area contributed by atoms with Crippen molar-refractivity contribution < 1.29 is 9.90 Å². The Bertz CT molecular complexity index is 475. The molecule has 0 spiro atoms. The highest BCUT2D eigenvalue weighted by Gasteiger charge is 2.10. The maximum absolute atomic E-state index is 10.7. The third-order valence-corrected chi connectivity index (χ3v) is 1.76. The number of carboxylic acid groups (broad SMARTS) is 1. The van der Waals surface area contributed by atoms with Crippen LogP contribution in [0.1, 0.15) is 10.4 Å². The van der Waals surface area contributed by atoms with Gasteiger partial charge in [0.1, 0.15) is 11.1 Å². The van der Waals surface area contributed by atoms with E-state index in [2.05, 4.69) is 10.1 Å². The van der Waals surface area contributed by atoms with Crippen molar-refractivity contribution in [3.8, 4) is 0 Å². The van der Waals surface area contributed by atoms with E-state index in [0.29, 0.717) is 5.52 Å². The topological polar surface area (TPSA) is 68.0 Å². The van der Waals surface area contributed by atoms with Gasteiger partial charge in [0.25, 0.3) is 0 Å². The summed E-state index contributed by atoms with van der Waals surface area (Å²) >= 11 is 0. The molecule has 0 atom stereocenters. The van der Waals surface area contributed by atoms with Gasteiger partial charge in [-0.2, -0.15) is 5.10 Å². The molecule has 2 aromatic rings. The van der Waals surface area contributed by atoms with Crippen molar-refractivity contribution in [2.24, 2.45) is 7.05 Å². The molecule has 66 valence electrons. The summed E-state index contributed by atoms with van der Waals surface area (Å²) in [5.41, 5.74) is 0.614. The number of nitrogens with zero attached hydrogens (tertiary/aromatic N) is 3. The minimum absolute atomic E-state index is 0.137. The molecule has 0 unspecified atom stereocenters. The van der Waals surface area contributed by atoms with Crippen LogP contribution < -0.4 is 0 Å². The Hall–Kier alpha value is -1.91. The average Bonchev–Trinajstić information content (AvgIpc) is 2.43. The van der Waals surface area contributed by atoms with Gasteiger partial charge in [-0.3, -0.25) is 9.67 Å². The first-order valence-corrected chi connectivity index (χ1v) is 3.69. The van der Waals surface area contributed by atoms with Crippen LogP contribution in [-0.2, 0) is 7.05 Å². The zero-order valence-corrected chi connectivity index (χ0v) is 6.93. The molecule has 0 aliphatic rings. The third kappa shape index (κ3) is 1.14. The number of carboxylic acids is 1. The number of aromatic carboxylic acids is 1. The molecule has 0 saturated carbocycles. The Morgan fingerprint density at radius 1 is 1.54 bits per heavy atom. The molecule has 0 radical (unpaired) electrons. The second-order valence-electron chi connectivity index (χ2n) is 2.73. The summed E-state index contributed by atoms with van der Waals surface area (Å²) in [6.07, 6.45) is 4.63. The van der Waals surface area contributed by atoms with Crippen molar-refractivity contribution in [2.75, 3.05) is 0 Å². The number of hydrogen-bond donors (Lipinski definition) is 1. The molecule has 0 aliphatic heterocycles. The van der Waals surface area contributed by atoms with Crippen molar-refractivity contribution in [3.05, 3.63) is 24.2 Å². The quantitative estimate of drug-likeness (QED) is 0.695. The first-order chi connectivity index (χ1) is 6.18. The van der Waals surface area contributed by atoms with E-state index in [-0.39, 0.29) is 5.56 Å². The molecular weight excluding hydrogens is 170 g/mol. The van der Waals surface area contributed by atoms with Crippen molar-refractivity contribution in [3.63, 3.8) is 0 Å². The van der Waals surface area contributed by atoms with Crippen LogP contribution in [0.5, 0.6) is 0 Å². The van der Waals surface area contributed by atoms with Gasteiger partial charge in [0.2, 0.25) is 0 Å². The first kappa shape index (κ1) is 7.72. The van der Waals surface area contributed by atoms with E-state index >= 15 is 0 Å². The first-order valence-electron chi connectivity index (χ1n) is 3.69. The van der Waals surface area contributed by atoms with Crippen LogP contribution in [0.25, 0.3) is 10.9 Å². The zero-order chi connectivity index (χ0) is 9.42. The molecule has 0 fully saturated rings. The van der Waals surface area contributed by atoms with Gasteiger partial charge >= 0.3 is 5.97 Å². The number of fused-ring (bicyclic) bond motifs is 1. The van der Waals surface area contributed by atoms with E-state index in [4.69, 9.17) is 5.11 Å². The minimum Gasteiger partial charge on any atom is -0.478 e. The Labute approximate surface area is 73.6 Å². The Morgan fingerprint density at radius 3 is 3.00 bits per heavy atom. The SMILES string of the molecule is Cn1cc2cncc(C(=O)O)c2n1. The fourth-order valence-corrected chi connectivity index (χ4v) is 1.22. The van der Waals surface area contributed by atoms with Crippen LogP contribution >= 0.6 is 0 Å².